The number of hydrogen-bond acceptors (Lipinski definition) is 4. The quantitative estimate of drug-likeness (QED) is 0.895. The van der Waals surface area contributed by atoms with Crippen LogP contribution in [-0.2, 0) is 6.54 Å². The van der Waals surface area contributed by atoms with E-state index in [-0.39, 0.29) is 0 Å². The Kier molecular flexibility index (Phi) is 4.04. The van der Waals surface area contributed by atoms with Crippen molar-refractivity contribution in [2.24, 2.45) is 0 Å². The molecule has 0 saturated heterocycles. The minimum absolute atomic E-state index is 0.547. The third-order valence-corrected chi connectivity index (χ3v) is 3.77. The summed E-state index contributed by atoms with van der Waals surface area (Å²) in [4.78, 5) is 11.2. The van der Waals surface area contributed by atoms with E-state index in [4.69, 9.17) is 5.73 Å². The molecule has 5 nitrogen and oxygen atoms in total. The van der Waals surface area contributed by atoms with E-state index < -0.39 is 0 Å². The maximum absolute atomic E-state index is 5.99. The van der Waals surface area contributed by atoms with Gasteiger partial charge in [0.25, 0.3) is 0 Å². The number of aryl methyl sites for hydroxylation is 1. The molecule has 1 unspecified atom stereocenters. The first-order valence-electron chi connectivity index (χ1n) is 6.81. The van der Waals surface area contributed by atoms with E-state index in [1.807, 2.05) is 23.8 Å². The molecule has 0 saturated carbocycles. The van der Waals surface area contributed by atoms with Gasteiger partial charge in [-0.1, -0.05) is 6.92 Å². The van der Waals surface area contributed by atoms with Gasteiger partial charge in [0, 0.05) is 25.3 Å². The number of imidazole rings is 1. The third-order valence-electron chi connectivity index (χ3n) is 3.77. The molecule has 0 aliphatic carbocycles. The van der Waals surface area contributed by atoms with Crippen LogP contribution in [0.2, 0.25) is 0 Å². The minimum atomic E-state index is 0.547. The highest BCUT2D eigenvalue weighted by atomic mass is 15.2. The smallest absolute Gasteiger partial charge is 0.202 e. The Balaban J connectivity index is 2.19. The van der Waals surface area contributed by atoms with Crippen LogP contribution in [0, 0.1) is 6.92 Å². The van der Waals surface area contributed by atoms with Gasteiger partial charge in [0.2, 0.25) is 5.95 Å². The zero-order valence-corrected chi connectivity index (χ0v) is 12.2. The summed E-state index contributed by atoms with van der Waals surface area (Å²) in [6, 6.07) is 2.60. The first-order valence-corrected chi connectivity index (χ1v) is 6.81. The Morgan fingerprint density at radius 2 is 2.21 bits per heavy atom. The number of aromatic nitrogens is 3. The summed E-state index contributed by atoms with van der Waals surface area (Å²) in [6.45, 7) is 8.21. The fourth-order valence-corrected chi connectivity index (χ4v) is 2.14. The van der Waals surface area contributed by atoms with Gasteiger partial charge >= 0.3 is 0 Å². The van der Waals surface area contributed by atoms with Crippen molar-refractivity contribution in [3.8, 4) is 0 Å². The summed E-state index contributed by atoms with van der Waals surface area (Å²) in [5.41, 5.74) is 8.85. The Labute approximate surface area is 114 Å². The van der Waals surface area contributed by atoms with E-state index >= 15 is 0 Å². The van der Waals surface area contributed by atoms with Crippen molar-refractivity contribution < 1.29 is 0 Å². The highest BCUT2D eigenvalue weighted by Crippen LogP contribution is 2.16. The Bertz CT molecular complexity index is 560. The highest BCUT2D eigenvalue weighted by molar-refractivity contribution is 5.74. The SMILES string of the molecule is CCC(C)N(C)CCn1c(N)nc2cc(C)cnc21. The molecule has 2 aromatic heterocycles. The van der Waals surface area contributed by atoms with Gasteiger partial charge in [0.05, 0.1) is 0 Å². The minimum Gasteiger partial charge on any atom is -0.369 e. The number of nitrogens with zero attached hydrogens (tertiary/aromatic N) is 4. The second kappa shape index (κ2) is 5.57. The van der Waals surface area contributed by atoms with Crippen molar-refractivity contribution in [1.29, 1.82) is 0 Å². The molecule has 2 heterocycles. The summed E-state index contributed by atoms with van der Waals surface area (Å²) >= 11 is 0. The monoisotopic (exact) mass is 261 g/mol. The first kappa shape index (κ1) is 13.8. The Morgan fingerprint density at radius 1 is 1.47 bits per heavy atom. The van der Waals surface area contributed by atoms with Gasteiger partial charge in [-0.05, 0) is 38.9 Å². The Morgan fingerprint density at radius 3 is 2.89 bits per heavy atom. The zero-order valence-electron chi connectivity index (χ0n) is 12.2. The molecule has 5 heteroatoms. The average molecular weight is 261 g/mol. The predicted octanol–water partition coefficient (Wildman–Crippen LogP) is 2.05. The fourth-order valence-electron chi connectivity index (χ4n) is 2.14. The number of likely N-dealkylation sites (N-methyl/N-ethyl adjacent to an activating group) is 1. The molecule has 0 bridgehead atoms. The molecule has 0 spiro atoms. The number of pyridine rings is 1. The van der Waals surface area contributed by atoms with Gasteiger partial charge in [-0.2, -0.15) is 0 Å². The van der Waals surface area contributed by atoms with Gasteiger partial charge in [0.15, 0.2) is 5.65 Å². The van der Waals surface area contributed by atoms with Crippen LogP contribution >= 0.6 is 0 Å². The molecule has 2 aromatic rings. The topological polar surface area (TPSA) is 60.0 Å². The van der Waals surface area contributed by atoms with E-state index in [2.05, 4.69) is 35.8 Å². The second-order valence-electron chi connectivity index (χ2n) is 5.21. The number of rotatable bonds is 5. The van der Waals surface area contributed by atoms with Crippen molar-refractivity contribution in [3.05, 3.63) is 17.8 Å². The van der Waals surface area contributed by atoms with Gasteiger partial charge < -0.3 is 10.6 Å². The van der Waals surface area contributed by atoms with E-state index in [1.54, 1.807) is 0 Å². The van der Waals surface area contributed by atoms with Crippen LogP contribution in [0.1, 0.15) is 25.8 Å². The zero-order chi connectivity index (χ0) is 14.0. The van der Waals surface area contributed by atoms with Crippen molar-refractivity contribution >= 4 is 17.1 Å². The van der Waals surface area contributed by atoms with E-state index in [0.29, 0.717) is 12.0 Å². The van der Waals surface area contributed by atoms with Crippen LogP contribution in [0.3, 0.4) is 0 Å². The summed E-state index contributed by atoms with van der Waals surface area (Å²) < 4.78 is 1.99. The number of anilines is 1. The van der Waals surface area contributed by atoms with Gasteiger partial charge in [-0.25, -0.2) is 9.97 Å². The number of nitrogen functional groups attached to an aromatic ring is 1. The first-order chi connectivity index (χ1) is 9.02. The fraction of sp³-hybridized carbons (Fsp3) is 0.571. The molecule has 2 N–H and O–H groups in total. The number of fused-ring (bicyclic) bond motifs is 1. The summed E-state index contributed by atoms with van der Waals surface area (Å²) in [6.07, 6.45) is 3.01. The normalized spacial score (nSPS) is 13.3. The summed E-state index contributed by atoms with van der Waals surface area (Å²) in [7, 11) is 2.14. The lowest BCUT2D eigenvalue weighted by Crippen LogP contribution is -2.31. The highest BCUT2D eigenvalue weighted by Gasteiger charge is 2.12. The van der Waals surface area contributed by atoms with Crippen LogP contribution in [0.4, 0.5) is 5.95 Å². The van der Waals surface area contributed by atoms with Crippen LogP contribution in [0.5, 0.6) is 0 Å². The number of nitrogens with two attached hydrogens (primary N) is 1. The lowest BCUT2D eigenvalue weighted by Gasteiger charge is -2.23. The lowest BCUT2D eigenvalue weighted by molar-refractivity contribution is 0.244. The average Bonchev–Trinajstić information content (AvgIpc) is 2.69. The van der Waals surface area contributed by atoms with Crippen LogP contribution < -0.4 is 5.73 Å². The van der Waals surface area contributed by atoms with Crippen molar-refractivity contribution in [3.63, 3.8) is 0 Å². The molecule has 0 amide bonds. The maximum atomic E-state index is 5.99. The van der Waals surface area contributed by atoms with E-state index in [0.717, 1.165) is 36.2 Å². The lowest BCUT2D eigenvalue weighted by atomic mass is 10.2. The molecule has 2 rings (SSSR count). The van der Waals surface area contributed by atoms with Gasteiger partial charge in [-0.3, -0.25) is 4.57 Å². The van der Waals surface area contributed by atoms with Gasteiger partial charge in [-0.15, -0.1) is 0 Å². The van der Waals surface area contributed by atoms with Crippen LogP contribution in [-0.4, -0.2) is 39.1 Å². The van der Waals surface area contributed by atoms with Crippen LogP contribution in [0.25, 0.3) is 11.2 Å². The third kappa shape index (κ3) is 2.87. The molecule has 0 radical (unpaired) electrons. The predicted molar refractivity (Wildman–Crippen MR) is 79.1 cm³/mol. The summed E-state index contributed by atoms with van der Waals surface area (Å²) in [5.74, 6) is 0.547. The molecule has 19 heavy (non-hydrogen) atoms. The van der Waals surface area contributed by atoms with Crippen molar-refractivity contribution in [2.75, 3.05) is 19.3 Å². The molecule has 104 valence electrons. The molecule has 0 aliphatic heterocycles. The molecular weight excluding hydrogens is 238 g/mol. The number of hydrogen-bond donors (Lipinski definition) is 1. The molecule has 0 aromatic carbocycles. The molecule has 0 fully saturated rings. The summed E-state index contributed by atoms with van der Waals surface area (Å²) in [5, 5.41) is 0. The molecular formula is C14H23N5. The van der Waals surface area contributed by atoms with Crippen molar-refractivity contribution in [1.82, 2.24) is 19.4 Å². The molecule has 1 atom stereocenters. The van der Waals surface area contributed by atoms with Gasteiger partial charge in [0.1, 0.15) is 5.52 Å². The van der Waals surface area contributed by atoms with Crippen LogP contribution in [0.15, 0.2) is 12.3 Å². The largest absolute Gasteiger partial charge is 0.369 e. The van der Waals surface area contributed by atoms with E-state index in [9.17, 15) is 0 Å². The molecule has 0 aliphatic rings. The standard InChI is InChI=1S/C14H23N5/c1-5-11(3)18(4)6-7-19-13-12(17-14(19)15)8-10(2)9-16-13/h8-9,11H,5-7H2,1-4H3,(H2,15,17). The van der Waals surface area contributed by atoms with E-state index in [1.165, 1.54) is 0 Å². The van der Waals surface area contributed by atoms with Crippen molar-refractivity contribution in [2.45, 2.75) is 39.8 Å². The second-order valence-corrected chi connectivity index (χ2v) is 5.21. The maximum Gasteiger partial charge on any atom is 0.202 e. The Hall–Kier alpha value is -1.62.